The van der Waals surface area contributed by atoms with Crippen LogP contribution in [0.15, 0.2) is 42.7 Å². The van der Waals surface area contributed by atoms with Gasteiger partial charge in [0, 0.05) is 18.9 Å². The van der Waals surface area contributed by atoms with Crippen LogP contribution in [0.3, 0.4) is 0 Å². The summed E-state index contributed by atoms with van der Waals surface area (Å²) in [5, 5.41) is 0. The second-order valence-electron chi connectivity index (χ2n) is 4.85. The van der Waals surface area contributed by atoms with Crippen molar-refractivity contribution in [2.75, 3.05) is 19.1 Å². The van der Waals surface area contributed by atoms with Crippen LogP contribution in [0.2, 0.25) is 0 Å². The van der Waals surface area contributed by atoms with Gasteiger partial charge in [0.2, 0.25) is 0 Å². The molecule has 0 aliphatic carbocycles. The van der Waals surface area contributed by atoms with Crippen LogP contribution in [-0.4, -0.2) is 19.1 Å². The van der Waals surface area contributed by atoms with Gasteiger partial charge < -0.3 is 9.64 Å². The van der Waals surface area contributed by atoms with Crippen LogP contribution in [0.5, 0.6) is 5.75 Å². The van der Waals surface area contributed by atoms with Crippen molar-refractivity contribution in [3.8, 4) is 5.75 Å². The molecule has 3 nitrogen and oxygen atoms in total. The van der Waals surface area contributed by atoms with Crippen LogP contribution in [0.25, 0.3) is 0 Å². The fraction of sp³-hybridized carbons (Fsp3) is 0.312. The first-order valence-electron chi connectivity index (χ1n) is 6.45. The Bertz CT molecular complexity index is 535. The van der Waals surface area contributed by atoms with Gasteiger partial charge in [-0.1, -0.05) is 26.0 Å². The van der Waals surface area contributed by atoms with E-state index in [1.165, 1.54) is 5.56 Å². The quantitative estimate of drug-likeness (QED) is 0.827. The number of hydrogen-bond donors (Lipinski definition) is 0. The molecule has 2 aromatic rings. The second kappa shape index (κ2) is 5.74. The summed E-state index contributed by atoms with van der Waals surface area (Å²) in [4.78, 5) is 6.18. The van der Waals surface area contributed by atoms with Gasteiger partial charge in [0.05, 0.1) is 19.0 Å². The molecule has 100 valence electrons. The molecule has 0 radical (unpaired) electrons. The van der Waals surface area contributed by atoms with Crippen molar-refractivity contribution in [3.05, 3.63) is 48.3 Å². The Morgan fingerprint density at radius 1 is 1.11 bits per heavy atom. The molecule has 0 aliphatic heterocycles. The third-order valence-electron chi connectivity index (χ3n) is 3.29. The fourth-order valence-electron chi connectivity index (χ4n) is 2.03. The molecule has 1 heterocycles. The van der Waals surface area contributed by atoms with Crippen LogP contribution >= 0.6 is 0 Å². The van der Waals surface area contributed by atoms with Crippen molar-refractivity contribution >= 4 is 11.4 Å². The monoisotopic (exact) mass is 256 g/mol. The lowest BCUT2D eigenvalue weighted by atomic mass is 10.0. The molecule has 0 N–H and O–H groups in total. The molecular weight excluding hydrogens is 236 g/mol. The molecule has 0 saturated heterocycles. The Morgan fingerprint density at radius 2 is 1.79 bits per heavy atom. The highest BCUT2D eigenvalue weighted by Crippen LogP contribution is 2.31. The summed E-state index contributed by atoms with van der Waals surface area (Å²) < 4.78 is 5.35. The summed E-state index contributed by atoms with van der Waals surface area (Å²) in [5.41, 5.74) is 3.49. The van der Waals surface area contributed by atoms with E-state index in [9.17, 15) is 0 Å². The highest BCUT2D eigenvalue weighted by atomic mass is 16.5. The lowest BCUT2D eigenvalue weighted by Gasteiger charge is -2.22. The smallest absolute Gasteiger partial charge is 0.160 e. The molecule has 2 rings (SSSR count). The predicted octanol–water partition coefficient (Wildman–Crippen LogP) is 3.98. The van der Waals surface area contributed by atoms with E-state index in [1.807, 2.05) is 13.1 Å². The van der Waals surface area contributed by atoms with Gasteiger partial charge in [0.15, 0.2) is 5.75 Å². The van der Waals surface area contributed by atoms with Gasteiger partial charge in [-0.25, -0.2) is 0 Å². The third-order valence-corrected chi connectivity index (χ3v) is 3.29. The molecule has 1 aromatic carbocycles. The van der Waals surface area contributed by atoms with Gasteiger partial charge in [-0.15, -0.1) is 0 Å². The number of aromatic nitrogens is 1. The van der Waals surface area contributed by atoms with Crippen molar-refractivity contribution < 1.29 is 4.74 Å². The van der Waals surface area contributed by atoms with E-state index in [0.29, 0.717) is 5.92 Å². The summed E-state index contributed by atoms with van der Waals surface area (Å²) in [5.74, 6) is 1.33. The minimum absolute atomic E-state index is 0.551. The summed E-state index contributed by atoms with van der Waals surface area (Å²) in [6, 6.07) is 10.6. The van der Waals surface area contributed by atoms with E-state index >= 15 is 0 Å². The third kappa shape index (κ3) is 2.87. The zero-order chi connectivity index (χ0) is 13.8. The van der Waals surface area contributed by atoms with Crippen LogP contribution in [0, 0.1) is 0 Å². The van der Waals surface area contributed by atoms with Crippen LogP contribution in [-0.2, 0) is 0 Å². The summed E-state index contributed by atoms with van der Waals surface area (Å²) >= 11 is 0. The molecule has 19 heavy (non-hydrogen) atoms. The molecule has 0 saturated carbocycles. The maximum atomic E-state index is 5.35. The summed E-state index contributed by atoms with van der Waals surface area (Å²) in [6.07, 6.45) is 3.51. The standard InChI is InChI=1S/C16H20N2O/c1-12(2)13-5-7-14(8-6-13)18(3)15-9-10-17-11-16(15)19-4/h5-12H,1-4H3. The zero-order valence-electron chi connectivity index (χ0n) is 11.9. The van der Waals surface area contributed by atoms with E-state index in [0.717, 1.165) is 17.1 Å². The normalized spacial score (nSPS) is 10.6. The molecule has 3 heteroatoms. The minimum Gasteiger partial charge on any atom is -0.493 e. The van der Waals surface area contributed by atoms with E-state index < -0.39 is 0 Å². The van der Waals surface area contributed by atoms with Crippen molar-refractivity contribution in [1.29, 1.82) is 0 Å². The Hall–Kier alpha value is -2.03. The second-order valence-corrected chi connectivity index (χ2v) is 4.85. The average molecular weight is 256 g/mol. The van der Waals surface area contributed by atoms with Crippen LogP contribution in [0.4, 0.5) is 11.4 Å². The van der Waals surface area contributed by atoms with Crippen molar-refractivity contribution in [3.63, 3.8) is 0 Å². The largest absolute Gasteiger partial charge is 0.493 e. The van der Waals surface area contributed by atoms with Gasteiger partial charge >= 0.3 is 0 Å². The fourth-order valence-corrected chi connectivity index (χ4v) is 2.03. The molecule has 0 spiro atoms. The molecule has 1 aromatic heterocycles. The number of hydrogen-bond acceptors (Lipinski definition) is 3. The van der Waals surface area contributed by atoms with Gasteiger partial charge in [-0.3, -0.25) is 4.98 Å². The SMILES string of the molecule is COc1cnccc1N(C)c1ccc(C(C)C)cc1. The number of pyridine rings is 1. The first-order chi connectivity index (χ1) is 9.13. The van der Waals surface area contributed by atoms with Crippen LogP contribution in [0.1, 0.15) is 25.3 Å². The zero-order valence-corrected chi connectivity index (χ0v) is 11.9. The number of nitrogens with zero attached hydrogens (tertiary/aromatic N) is 2. The lowest BCUT2D eigenvalue weighted by molar-refractivity contribution is 0.414. The molecule has 0 bridgehead atoms. The molecular formula is C16H20N2O. The average Bonchev–Trinajstić information content (AvgIpc) is 2.46. The van der Waals surface area contributed by atoms with E-state index in [2.05, 4.69) is 48.0 Å². The molecule has 0 unspecified atom stereocenters. The first kappa shape index (κ1) is 13.4. The molecule has 0 aliphatic rings. The molecule has 0 fully saturated rings. The molecule has 0 atom stereocenters. The molecule has 0 amide bonds. The van der Waals surface area contributed by atoms with E-state index in [4.69, 9.17) is 4.74 Å². The van der Waals surface area contributed by atoms with Crippen molar-refractivity contribution in [2.45, 2.75) is 19.8 Å². The van der Waals surface area contributed by atoms with Crippen LogP contribution < -0.4 is 9.64 Å². The maximum Gasteiger partial charge on any atom is 0.160 e. The van der Waals surface area contributed by atoms with Crippen molar-refractivity contribution in [2.24, 2.45) is 0 Å². The number of anilines is 2. The Kier molecular flexibility index (Phi) is 4.05. The Balaban J connectivity index is 2.30. The van der Waals surface area contributed by atoms with Crippen molar-refractivity contribution in [1.82, 2.24) is 4.98 Å². The van der Waals surface area contributed by atoms with E-state index in [-0.39, 0.29) is 0 Å². The maximum absolute atomic E-state index is 5.35. The minimum atomic E-state index is 0.551. The highest BCUT2D eigenvalue weighted by molar-refractivity contribution is 5.67. The Labute approximate surface area is 114 Å². The topological polar surface area (TPSA) is 25.4 Å². The lowest BCUT2D eigenvalue weighted by Crippen LogP contribution is -2.10. The van der Waals surface area contributed by atoms with Gasteiger partial charge in [0.25, 0.3) is 0 Å². The number of benzene rings is 1. The number of ether oxygens (including phenoxy) is 1. The van der Waals surface area contributed by atoms with Gasteiger partial charge in [-0.2, -0.15) is 0 Å². The Morgan fingerprint density at radius 3 is 2.37 bits per heavy atom. The first-order valence-corrected chi connectivity index (χ1v) is 6.45. The number of methoxy groups -OCH3 is 1. The summed E-state index contributed by atoms with van der Waals surface area (Å²) in [7, 11) is 3.69. The summed E-state index contributed by atoms with van der Waals surface area (Å²) in [6.45, 7) is 4.40. The van der Waals surface area contributed by atoms with Gasteiger partial charge in [-0.05, 0) is 29.7 Å². The highest BCUT2D eigenvalue weighted by Gasteiger charge is 2.10. The predicted molar refractivity (Wildman–Crippen MR) is 79.4 cm³/mol. The van der Waals surface area contributed by atoms with Gasteiger partial charge in [0.1, 0.15) is 0 Å². The van der Waals surface area contributed by atoms with E-state index in [1.54, 1.807) is 19.5 Å². The number of rotatable bonds is 4.